The van der Waals surface area contributed by atoms with Crippen molar-refractivity contribution in [1.29, 1.82) is 5.26 Å². The topological polar surface area (TPSA) is 97.6 Å². The van der Waals surface area contributed by atoms with Crippen molar-refractivity contribution in [2.75, 3.05) is 17.3 Å². The van der Waals surface area contributed by atoms with E-state index in [1.165, 1.54) is 36.2 Å². The Hall–Kier alpha value is -4.58. The second kappa shape index (κ2) is 8.88. The number of carbonyl (C=O) groups is 2. The van der Waals surface area contributed by atoms with Gasteiger partial charge in [-0.3, -0.25) is 4.79 Å². The maximum atomic E-state index is 14.6. The minimum Gasteiger partial charge on any atom is -0.311 e. The van der Waals surface area contributed by atoms with Gasteiger partial charge < -0.3 is 15.5 Å². The highest BCUT2D eigenvalue weighted by molar-refractivity contribution is 6.20. The highest BCUT2D eigenvalue weighted by Gasteiger charge is 2.31. The molecule has 1 unspecified atom stereocenters. The van der Waals surface area contributed by atoms with Crippen molar-refractivity contribution in [3.05, 3.63) is 95.1 Å². The van der Waals surface area contributed by atoms with Gasteiger partial charge in [0.2, 0.25) is 6.17 Å². The third-order valence-corrected chi connectivity index (χ3v) is 5.09. The Bertz CT molecular complexity index is 1330. The standard InChI is InChI=1S/C24H17F2N5O2/c1-31-20-9-5-3-7-17(20)21(16-6-2-4-8-18(16)26)29-22(23(31)32)30-24(33)28-19-12-15(25)11-10-14(19)13-27/h2-12,22H,1H3,(H2,28,30,33). The molecule has 0 radical (unpaired) electrons. The summed E-state index contributed by atoms with van der Waals surface area (Å²) >= 11 is 0. The second-order valence-electron chi connectivity index (χ2n) is 7.17. The summed E-state index contributed by atoms with van der Waals surface area (Å²) in [6, 6.07) is 17.1. The van der Waals surface area contributed by atoms with Crippen molar-refractivity contribution in [2.24, 2.45) is 4.99 Å². The molecule has 33 heavy (non-hydrogen) atoms. The predicted octanol–water partition coefficient (Wildman–Crippen LogP) is 3.80. The summed E-state index contributed by atoms with van der Waals surface area (Å²) in [5.41, 5.74) is 1.34. The molecule has 164 valence electrons. The van der Waals surface area contributed by atoms with Gasteiger partial charge in [-0.1, -0.05) is 30.3 Å². The summed E-state index contributed by atoms with van der Waals surface area (Å²) < 4.78 is 28.2. The van der Waals surface area contributed by atoms with Crippen LogP contribution in [0.3, 0.4) is 0 Å². The number of amides is 3. The molecule has 1 heterocycles. The normalized spacial score (nSPS) is 15.1. The maximum Gasteiger partial charge on any atom is 0.321 e. The minimum absolute atomic E-state index is 0.0406. The fourth-order valence-corrected chi connectivity index (χ4v) is 3.48. The van der Waals surface area contributed by atoms with E-state index in [4.69, 9.17) is 0 Å². The molecule has 4 rings (SSSR count). The number of carbonyl (C=O) groups excluding carboxylic acids is 2. The van der Waals surface area contributed by atoms with Crippen molar-refractivity contribution in [2.45, 2.75) is 6.17 Å². The fourth-order valence-electron chi connectivity index (χ4n) is 3.48. The highest BCUT2D eigenvalue weighted by Crippen LogP contribution is 2.28. The van der Waals surface area contributed by atoms with Crippen LogP contribution in [0.25, 0.3) is 0 Å². The van der Waals surface area contributed by atoms with Crippen molar-refractivity contribution in [3.63, 3.8) is 0 Å². The van der Waals surface area contributed by atoms with Gasteiger partial charge in [-0.25, -0.2) is 18.6 Å². The molecule has 3 amide bonds. The molecule has 1 atom stereocenters. The number of likely N-dealkylation sites (N-methyl/N-ethyl adjacent to an activating group) is 1. The van der Waals surface area contributed by atoms with Gasteiger partial charge >= 0.3 is 6.03 Å². The predicted molar refractivity (Wildman–Crippen MR) is 119 cm³/mol. The van der Waals surface area contributed by atoms with E-state index in [1.54, 1.807) is 30.3 Å². The molecule has 3 aromatic carbocycles. The Labute approximate surface area is 188 Å². The van der Waals surface area contributed by atoms with Gasteiger partial charge in [-0.05, 0) is 36.4 Å². The SMILES string of the molecule is CN1C(=O)C(NC(=O)Nc2cc(F)ccc2C#N)N=C(c2ccccc2F)c2ccccc21. The van der Waals surface area contributed by atoms with Crippen LogP contribution in [0, 0.1) is 23.0 Å². The van der Waals surface area contributed by atoms with E-state index >= 15 is 0 Å². The lowest BCUT2D eigenvalue weighted by Crippen LogP contribution is -2.47. The Balaban J connectivity index is 1.72. The number of urea groups is 1. The summed E-state index contributed by atoms with van der Waals surface area (Å²) in [4.78, 5) is 31.5. The lowest BCUT2D eigenvalue weighted by molar-refractivity contribution is -0.119. The Kier molecular flexibility index (Phi) is 5.83. The van der Waals surface area contributed by atoms with Crippen LogP contribution < -0.4 is 15.5 Å². The van der Waals surface area contributed by atoms with E-state index in [0.717, 1.165) is 12.1 Å². The quantitative estimate of drug-likeness (QED) is 0.642. The molecular formula is C24H17F2N5O2. The number of anilines is 2. The zero-order valence-corrected chi connectivity index (χ0v) is 17.3. The number of hydrogen-bond acceptors (Lipinski definition) is 4. The molecule has 0 spiro atoms. The average Bonchev–Trinajstić information content (AvgIpc) is 2.90. The lowest BCUT2D eigenvalue weighted by atomic mass is 10.00. The maximum absolute atomic E-state index is 14.6. The second-order valence-corrected chi connectivity index (χ2v) is 7.17. The zero-order valence-electron chi connectivity index (χ0n) is 17.3. The molecule has 7 nitrogen and oxygen atoms in total. The fraction of sp³-hybridized carbons (Fsp3) is 0.0833. The largest absolute Gasteiger partial charge is 0.321 e. The first-order chi connectivity index (χ1) is 15.9. The van der Waals surface area contributed by atoms with Gasteiger partial charge in [-0.2, -0.15) is 5.26 Å². The van der Waals surface area contributed by atoms with E-state index in [0.29, 0.717) is 11.3 Å². The number of benzene rings is 3. The van der Waals surface area contributed by atoms with Crippen LogP contribution in [0.5, 0.6) is 0 Å². The molecule has 0 aromatic heterocycles. The number of fused-ring (bicyclic) bond motifs is 1. The average molecular weight is 445 g/mol. The number of halogens is 2. The van der Waals surface area contributed by atoms with Crippen LogP contribution in [0.1, 0.15) is 16.7 Å². The molecule has 9 heteroatoms. The number of hydrogen-bond donors (Lipinski definition) is 2. The molecule has 1 aliphatic heterocycles. The number of nitrogens with zero attached hydrogens (tertiary/aromatic N) is 3. The highest BCUT2D eigenvalue weighted by atomic mass is 19.1. The van der Waals surface area contributed by atoms with E-state index in [-0.39, 0.29) is 22.5 Å². The van der Waals surface area contributed by atoms with Crippen LogP contribution in [-0.4, -0.2) is 30.9 Å². The third kappa shape index (κ3) is 4.27. The van der Waals surface area contributed by atoms with Crippen LogP contribution in [-0.2, 0) is 4.79 Å². The molecule has 0 aliphatic carbocycles. The Morgan fingerprint density at radius 2 is 1.76 bits per heavy atom. The van der Waals surface area contributed by atoms with Gasteiger partial charge in [0.1, 0.15) is 17.7 Å². The molecule has 0 fully saturated rings. The van der Waals surface area contributed by atoms with Gasteiger partial charge in [0.15, 0.2) is 0 Å². The molecule has 0 saturated heterocycles. The Morgan fingerprint density at radius 1 is 1.06 bits per heavy atom. The molecule has 0 bridgehead atoms. The first kappa shape index (κ1) is 21.6. The first-order valence-corrected chi connectivity index (χ1v) is 9.86. The van der Waals surface area contributed by atoms with E-state index < -0.39 is 29.7 Å². The summed E-state index contributed by atoms with van der Waals surface area (Å²) in [6.45, 7) is 0. The third-order valence-electron chi connectivity index (χ3n) is 5.09. The molecule has 3 aromatic rings. The lowest BCUT2D eigenvalue weighted by Gasteiger charge is -2.21. The monoisotopic (exact) mass is 445 g/mol. The minimum atomic E-state index is -1.41. The number of rotatable bonds is 3. The van der Waals surface area contributed by atoms with Gasteiger partial charge in [0.25, 0.3) is 5.91 Å². The molecular weight excluding hydrogens is 428 g/mol. The Morgan fingerprint density at radius 3 is 2.48 bits per heavy atom. The van der Waals surface area contributed by atoms with Gasteiger partial charge in [0, 0.05) is 18.2 Å². The number of nitriles is 1. The van der Waals surface area contributed by atoms with Crippen molar-refractivity contribution >= 4 is 29.0 Å². The summed E-state index contributed by atoms with van der Waals surface area (Å²) in [6.07, 6.45) is -1.41. The van der Waals surface area contributed by atoms with Crippen molar-refractivity contribution < 1.29 is 18.4 Å². The van der Waals surface area contributed by atoms with E-state index in [1.807, 2.05) is 6.07 Å². The molecule has 0 saturated carbocycles. The summed E-state index contributed by atoms with van der Waals surface area (Å²) in [7, 11) is 1.52. The van der Waals surface area contributed by atoms with Crippen LogP contribution in [0.15, 0.2) is 71.7 Å². The van der Waals surface area contributed by atoms with Gasteiger partial charge in [-0.15, -0.1) is 0 Å². The van der Waals surface area contributed by atoms with Crippen LogP contribution >= 0.6 is 0 Å². The molecule has 2 N–H and O–H groups in total. The summed E-state index contributed by atoms with van der Waals surface area (Å²) in [5, 5.41) is 14.0. The number of nitrogens with one attached hydrogen (secondary N) is 2. The molecule has 1 aliphatic rings. The van der Waals surface area contributed by atoms with E-state index in [9.17, 15) is 23.6 Å². The van der Waals surface area contributed by atoms with Gasteiger partial charge in [0.05, 0.1) is 22.6 Å². The smallest absolute Gasteiger partial charge is 0.311 e. The number of aliphatic imine (C=N–C) groups is 1. The van der Waals surface area contributed by atoms with Crippen molar-refractivity contribution in [1.82, 2.24) is 5.32 Å². The number of benzodiazepines with no additional fused rings is 1. The van der Waals surface area contributed by atoms with Crippen LogP contribution in [0.2, 0.25) is 0 Å². The number of para-hydroxylation sites is 1. The first-order valence-electron chi connectivity index (χ1n) is 9.86. The summed E-state index contributed by atoms with van der Waals surface area (Å²) in [5.74, 6) is -1.75. The van der Waals surface area contributed by atoms with E-state index in [2.05, 4.69) is 15.6 Å². The zero-order chi connectivity index (χ0) is 23.5. The van der Waals surface area contributed by atoms with Crippen LogP contribution in [0.4, 0.5) is 25.0 Å². The van der Waals surface area contributed by atoms with Crippen molar-refractivity contribution in [3.8, 4) is 6.07 Å².